The van der Waals surface area contributed by atoms with Gasteiger partial charge in [-0.2, -0.15) is 4.98 Å². The molecule has 1 unspecified atom stereocenters. The van der Waals surface area contributed by atoms with Gasteiger partial charge in [-0.05, 0) is 41.5 Å². The number of rotatable bonds is 7. The minimum atomic E-state index is -0.469. The Bertz CT molecular complexity index is 1160. The van der Waals surface area contributed by atoms with Crippen LogP contribution in [-0.2, 0) is 11.2 Å². The summed E-state index contributed by atoms with van der Waals surface area (Å²) >= 11 is 5.96. The van der Waals surface area contributed by atoms with Crippen molar-refractivity contribution in [2.75, 3.05) is 0 Å². The van der Waals surface area contributed by atoms with Gasteiger partial charge < -0.3 is 9.84 Å². The second kappa shape index (κ2) is 9.87. The third-order valence-electron chi connectivity index (χ3n) is 4.67. The minimum absolute atomic E-state index is 0.240. The Hall–Kier alpha value is -3.70. The van der Waals surface area contributed by atoms with Gasteiger partial charge in [0, 0.05) is 23.1 Å². The van der Waals surface area contributed by atoms with Crippen LogP contribution in [0.1, 0.15) is 23.1 Å². The SMILES string of the molecule is O=C(/C=C/c1ccccc1)NC(Cc1ccccc1)c1nc(-c2ccc(Cl)cc2)no1. The zero-order valence-electron chi connectivity index (χ0n) is 16.6. The molecule has 1 N–H and O–H groups in total. The predicted molar refractivity (Wildman–Crippen MR) is 121 cm³/mol. The monoisotopic (exact) mass is 429 g/mol. The van der Waals surface area contributed by atoms with Crippen LogP contribution in [0.25, 0.3) is 17.5 Å². The maximum atomic E-state index is 12.6. The Morgan fingerprint density at radius 2 is 1.65 bits per heavy atom. The van der Waals surface area contributed by atoms with Gasteiger partial charge in [-0.15, -0.1) is 0 Å². The molecule has 1 amide bonds. The predicted octanol–water partition coefficient (Wildman–Crippen LogP) is 5.50. The third kappa shape index (κ3) is 5.68. The van der Waals surface area contributed by atoms with Gasteiger partial charge in [0.1, 0.15) is 6.04 Å². The lowest BCUT2D eigenvalue weighted by Crippen LogP contribution is -2.28. The van der Waals surface area contributed by atoms with Crippen molar-refractivity contribution >= 4 is 23.6 Å². The molecule has 0 radical (unpaired) electrons. The Kier molecular flexibility index (Phi) is 6.55. The maximum Gasteiger partial charge on any atom is 0.249 e. The highest BCUT2D eigenvalue weighted by Crippen LogP contribution is 2.23. The van der Waals surface area contributed by atoms with Crippen molar-refractivity contribution in [1.29, 1.82) is 0 Å². The van der Waals surface area contributed by atoms with Crippen LogP contribution in [0.2, 0.25) is 5.02 Å². The molecule has 0 spiro atoms. The molecule has 0 aliphatic heterocycles. The molecule has 154 valence electrons. The molecule has 4 aromatic rings. The molecule has 5 nitrogen and oxygen atoms in total. The van der Waals surface area contributed by atoms with E-state index in [1.54, 1.807) is 18.2 Å². The second-order valence-electron chi connectivity index (χ2n) is 6.96. The summed E-state index contributed by atoms with van der Waals surface area (Å²) in [6.45, 7) is 0. The molecule has 3 aromatic carbocycles. The number of halogens is 1. The van der Waals surface area contributed by atoms with Crippen molar-refractivity contribution in [3.8, 4) is 11.4 Å². The van der Waals surface area contributed by atoms with Crippen LogP contribution < -0.4 is 5.32 Å². The second-order valence-corrected chi connectivity index (χ2v) is 7.39. The molecule has 6 heteroatoms. The van der Waals surface area contributed by atoms with Crippen LogP contribution in [0.15, 0.2) is 95.5 Å². The van der Waals surface area contributed by atoms with E-state index in [-0.39, 0.29) is 5.91 Å². The number of nitrogens with zero attached hydrogens (tertiary/aromatic N) is 2. The lowest BCUT2D eigenvalue weighted by molar-refractivity contribution is -0.117. The molecule has 31 heavy (non-hydrogen) atoms. The van der Waals surface area contributed by atoms with Crippen molar-refractivity contribution in [1.82, 2.24) is 15.5 Å². The molecule has 0 aliphatic carbocycles. The highest BCUT2D eigenvalue weighted by molar-refractivity contribution is 6.30. The van der Waals surface area contributed by atoms with E-state index >= 15 is 0 Å². The topological polar surface area (TPSA) is 68.0 Å². The molecule has 0 fully saturated rings. The summed E-state index contributed by atoms with van der Waals surface area (Å²) < 4.78 is 5.51. The Balaban J connectivity index is 1.55. The average Bonchev–Trinajstić information content (AvgIpc) is 3.29. The summed E-state index contributed by atoms with van der Waals surface area (Å²) in [6.07, 6.45) is 3.79. The minimum Gasteiger partial charge on any atom is -0.340 e. The van der Waals surface area contributed by atoms with E-state index in [9.17, 15) is 4.79 Å². The number of nitrogens with one attached hydrogen (secondary N) is 1. The fourth-order valence-corrected chi connectivity index (χ4v) is 3.22. The normalized spacial score (nSPS) is 12.0. The van der Waals surface area contributed by atoms with Gasteiger partial charge in [0.05, 0.1) is 0 Å². The number of amides is 1. The van der Waals surface area contributed by atoms with Crippen LogP contribution in [0, 0.1) is 0 Å². The fourth-order valence-electron chi connectivity index (χ4n) is 3.10. The van der Waals surface area contributed by atoms with Gasteiger partial charge in [-0.25, -0.2) is 0 Å². The molecule has 1 atom stereocenters. The summed E-state index contributed by atoms with van der Waals surface area (Å²) in [4.78, 5) is 17.1. The number of carbonyl (C=O) groups is 1. The zero-order valence-corrected chi connectivity index (χ0v) is 17.4. The molecular weight excluding hydrogens is 410 g/mol. The quantitative estimate of drug-likeness (QED) is 0.394. The van der Waals surface area contributed by atoms with Crippen molar-refractivity contribution in [2.24, 2.45) is 0 Å². The van der Waals surface area contributed by atoms with Gasteiger partial charge in [0.25, 0.3) is 0 Å². The van der Waals surface area contributed by atoms with Crippen molar-refractivity contribution < 1.29 is 9.32 Å². The molecule has 0 saturated carbocycles. The summed E-state index contributed by atoms with van der Waals surface area (Å²) in [5.74, 6) is 0.546. The Morgan fingerprint density at radius 3 is 2.35 bits per heavy atom. The highest BCUT2D eigenvalue weighted by Gasteiger charge is 2.21. The van der Waals surface area contributed by atoms with E-state index in [1.807, 2.05) is 72.8 Å². The van der Waals surface area contributed by atoms with Gasteiger partial charge in [0.15, 0.2) is 0 Å². The number of carbonyl (C=O) groups excluding carboxylic acids is 1. The van der Waals surface area contributed by atoms with Crippen LogP contribution >= 0.6 is 11.6 Å². The molecule has 0 saturated heterocycles. The Labute approximate surface area is 185 Å². The van der Waals surface area contributed by atoms with Gasteiger partial charge in [0.2, 0.25) is 17.6 Å². The fraction of sp³-hybridized carbons (Fsp3) is 0.0800. The smallest absolute Gasteiger partial charge is 0.249 e. The molecule has 1 aromatic heterocycles. The van der Waals surface area contributed by atoms with E-state index in [2.05, 4.69) is 15.5 Å². The number of benzene rings is 3. The van der Waals surface area contributed by atoms with E-state index in [1.165, 1.54) is 6.08 Å². The first-order valence-corrected chi connectivity index (χ1v) is 10.2. The standard InChI is InChI=1S/C25H20ClN3O2/c26-21-14-12-20(13-15-21)24-28-25(31-29-24)22(17-19-9-5-2-6-10-19)27-23(30)16-11-18-7-3-1-4-8-18/h1-16,22H,17H2,(H,27,30)/b16-11+. The summed E-state index contributed by atoms with van der Waals surface area (Å²) in [5, 5.41) is 7.70. The van der Waals surface area contributed by atoms with E-state index in [0.717, 1.165) is 16.7 Å². The van der Waals surface area contributed by atoms with Gasteiger partial charge in [-0.3, -0.25) is 4.79 Å². The molecule has 1 heterocycles. The van der Waals surface area contributed by atoms with Crippen LogP contribution in [-0.4, -0.2) is 16.0 Å². The third-order valence-corrected chi connectivity index (χ3v) is 4.92. The number of hydrogen-bond donors (Lipinski definition) is 1. The largest absolute Gasteiger partial charge is 0.340 e. The van der Waals surface area contributed by atoms with E-state index in [4.69, 9.17) is 16.1 Å². The van der Waals surface area contributed by atoms with Gasteiger partial charge in [-0.1, -0.05) is 77.4 Å². The average molecular weight is 430 g/mol. The maximum absolute atomic E-state index is 12.6. The first-order valence-electron chi connectivity index (χ1n) is 9.84. The number of aromatic nitrogens is 2. The summed E-state index contributed by atoms with van der Waals surface area (Å²) in [7, 11) is 0. The summed E-state index contributed by atoms with van der Waals surface area (Å²) in [6, 6.07) is 26.2. The van der Waals surface area contributed by atoms with E-state index in [0.29, 0.717) is 23.2 Å². The van der Waals surface area contributed by atoms with E-state index < -0.39 is 6.04 Å². The lowest BCUT2D eigenvalue weighted by Gasteiger charge is -2.14. The summed E-state index contributed by atoms with van der Waals surface area (Å²) in [5.41, 5.74) is 2.78. The molecular formula is C25H20ClN3O2. The van der Waals surface area contributed by atoms with Gasteiger partial charge >= 0.3 is 0 Å². The molecule has 0 bridgehead atoms. The van der Waals surface area contributed by atoms with Crippen molar-refractivity contribution in [2.45, 2.75) is 12.5 Å². The Morgan fingerprint density at radius 1 is 0.968 bits per heavy atom. The van der Waals surface area contributed by atoms with Crippen LogP contribution in [0.5, 0.6) is 0 Å². The van der Waals surface area contributed by atoms with Crippen LogP contribution in [0.4, 0.5) is 0 Å². The van der Waals surface area contributed by atoms with Crippen molar-refractivity contribution in [3.05, 3.63) is 113 Å². The zero-order chi connectivity index (χ0) is 21.5. The molecule has 4 rings (SSSR count). The first-order chi connectivity index (χ1) is 15.2. The van der Waals surface area contributed by atoms with Crippen molar-refractivity contribution in [3.63, 3.8) is 0 Å². The number of hydrogen-bond acceptors (Lipinski definition) is 4. The lowest BCUT2D eigenvalue weighted by atomic mass is 10.1. The highest BCUT2D eigenvalue weighted by atomic mass is 35.5. The molecule has 0 aliphatic rings. The first kappa shape index (κ1) is 20.6. The van der Waals surface area contributed by atoms with Crippen LogP contribution in [0.3, 0.4) is 0 Å².